The van der Waals surface area contributed by atoms with E-state index in [-0.39, 0.29) is 0 Å². The average Bonchev–Trinajstić information content (AvgIpc) is 3.85. The first-order valence-corrected chi connectivity index (χ1v) is 17.7. The molecular weight excluding hydrogens is 629 g/mol. The number of anilines is 3. The van der Waals surface area contributed by atoms with Crippen molar-refractivity contribution in [1.82, 2.24) is 4.57 Å². The molecule has 0 atom stereocenters. The summed E-state index contributed by atoms with van der Waals surface area (Å²) in [6.07, 6.45) is 0. The van der Waals surface area contributed by atoms with Crippen molar-refractivity contribution < 1.29 is 4.42 Å². The number of para-hydroxylation sites is 4. The van der Waals surface area contributed by atoms with Crippen LogP contribution in [0.25, 0.3) is 80.4 Å². The zero-order valence-electron chi connectivity index (χ0n) is 26.9. The number of furan rings is 1. The lowest BCUT2D eigenvalue weighted by Gasteiger charge is -2.26. The first kappa shape index (κ1) is 27.6. The SMILES string of the molecule is c1ccc(-n2c3ccccc3c3cc(N(c4ccc5c(ccc6sc7ccccc7c65)c4)c4cccc5c4oc4ccccc45)ccc32)cc1. The standard InChI is InChI=1S/C46H28N2OS/c1-2-11-30(12-3-1)48-39-17-7-4-13-34(39)38-28-32(23-25-40(38)48)47(41-18-10-16-36-35-14-5-8-19-42(35)49-46(36)41)31-22-24-33-29(27-31)21-26-44-45(33)37-15-6-9-20-43(37)50-44/h1-28H. The third-order valence-electron chi connectivity index (χ3n) is 10.2. The largest absolute Gasteiger partial charge is 0.454 e. The number of benzene rings is 8. The van der Waals surface area contributed by atoms with E-state index in [1.807, 2.05) is 17.4 Å². The molecule has 3 heterocycles. The third-order valence-corrected chi connectivity index (χ3v) is 11.3. The zero-order valence-corrected chi connectivity index (χ0v) is 27.7. The Hall–Kier alpha value is -6.36. The minimum atomic E-state index is 0.875. The molecule has 11 rings (SSSR count). The molecule has 234 valence electrons. The van der Waals surface area contributed by atoms with E-state index in [0.717, 1.165) is 44.7 Å². The number of thiophene rings is 1. The molecule has 0 aliphatic heterocycles. The molecule has 0 spiro atoms. The maximum atomic E-state index is 6.67. The second kappa shape index (κ2) is 10.6. The van der Waals surface area contributed by atoms with Crippen LogP contribution in [0.15, 0.2) is 174 Å². The van der Waals surface area contributed by atoms with Gasteiger partial charge < -0.3 is 13.9 Å². The second-order valence-corrected chi connectivity index (χ2v) is 14.0. The predicted octanol–water partition coefficient (Wildman–Crippen LogP) is 13.7. The Labute approximate surface area is 291 Å². The molecule has 0 fully saturated rings. The van der Waals surface area contributed by atoms with Gasteiger partial charge in [-0.1, -0.05) is 97.1 Å². The van der Waals surface area contributed by atoms with E-state index in [1.165, 1.54) is 52.8 Å². The minimum absolute atomic E-state index is 0.875. The Morgan fingerprint density at radius 1 is 0.460 bits per heavy atom. The Morgan fingerprint density at radius 2 is 1.18 bits per heavy atom. The van der Waals surface area contributed by atoms with E-state index < -0.39 is 0 Å². The van der Waals surface area contributed by atoms with Crippen LogP contribution < -0.4 is 4.90 Å². The number of rotatable bonds is 4. The molecule has 4 heteroatoms. The Balaban J connectivity index is 1.19. The molecule has 0 N–H and O–H groups in total. The molecule has 0 aliphatic carbocycles. The topological polar surface area (TPSA) is 21.3 Å². The zero-order chi connectivity index (χ0) is 32.8. The van der Waals surface area contributed by atoms with Gasteiger partial charge in [-0.05, 0) is 83.6 Å². The molecule has 3 nitrogen and oxygen atoms in total. The van der Waals surface area contributed by atoms with Crippen molar-refractivity contribution in [3.63, 3.8) is 0 Å². The van der Waals surface area contributed by atoms with Crippen molar-refractivity contribution in [2.24, 2.45) is 0 Å². The first-order chi connectivity index (χ1) is 24.8. The first-order valence-electron chi connectivity index (χ1n) is 16.9. The third kappa shape index (κ3) is 3.97. The Bertz CT molecular complexity index is 3110. The van der Waals surface area contributed by atoms with Gasteiger partial charge in [0.05, 0.1) is 16.7 Å². The van der Waals surface area contributed by atoms with Crippen molar-refractivity contribution in [1.29, 1.82) is 0 Å². The minimum Gasteiger partial charge on any atom is -0.454 e. The van der Waals surface area contributed by atoms with Crippen LogP contribution >= 0.6 is 11.3 Å². The molecule has 0 saturated carbocycles. The number of fused-ring (bicyclic) bond motifs is 11. The lowest BCUT2D eigenvalue weighted by molar-refractivity contribution is 0.669. The molecule has 0 saturated heterocycles. The fourth-order valence-corrected chi connectivity index (χ4v) is 9.09. The molecule has 0 unspecified atom stereocenters. The van der Waals surface area contributed by atoms with Gasteiger partial charge in [-0.15, -0.1) is 11.3 Å². The van der Waals surface area contributed by atoms with Gasteiger partial charge >= 0.3 is 0 Å². The summed E-state index contributed by atoms with van der Waals surface area (Å²) in [7, 11) is 0. The van der Waals surface area contributed by atoms with Crippen molar-refractivity contribution in [3.8, 4) is 5.69 Å². The summed E-state index contributed by atoms with van der Waals surface area (Å²) in [6.45, 7) is 0. The average molecular weight is 657 g/mol. The highest BCUT2D eigenvalue weighted by Gasteiger charge is 2.22. The maximum absolute atomic E-state index is 6.67. The Kier molecular flexibility index (Phi) is 5.83. The molecule has 8 aromatic carbocycles. The van der Waals surface area contributed by atoms with Gasteiger partial charge in [0.2, 0.25) is 0 Å². The molecule has 0 amide bonds. The van der Waals surface area contributed by atoms with Crippen LogP contribution in [0.1, 0.15) is 0 Å². The molecular formula is C46H28N2OS. The van der Waals surface area contributed by atoms with Crippen molar-refractivity contribution >= 4 is 103 Å². The van der Waals surface area contributed by atoms with Crippen LogP contribution in [0.4, 0.5) is 17.1 Å². The van der Waals surface area contributed by atoms with E-state index in [9.17, 15) is 0 Å². The highest BCUT2D eigenvalue weighted by atomic mass is 32.1. The quantitative estimate of drug-likeness (QED) is 0.188. The molecule has 0 aliphatic rings. The van der Waals surface area contributed by atoms with Gasteiger partial charge in [0.15, 0.2) is 5.58 Å². The van der Waals surface area contributed by atoms with Gasteiger partial charge in [0.25, 0.3) is 0 Å². The van der Waals surface area contributed by atoms with Crippen molar-refractivity contribution in [2.75, 3.05) is 4.90 Å². The highest BCUT2D eigenvalue weighted by Crippen LogP contribution is 2.46. The number of nitrogens with zero attached hydrogens (tertiary/aromatic N) is 2. The van der Waals surface area contributed by atoms with Crippen LogP contribution in [0.5, 0.6) is 0 Å². The summed E-state index contributed by atoms with van der Waals surface area (Å²) in [6, 6.07) is 61.2. The maximum Gasteiger partial charge on any atom is 0.159 e. The summed E-state index contributed by atoms with van der Waals surface area (Å²) in [4.78, 5) is 2.37. The molecule has 0 radical (unpaired) electrons. The van der Waals surface area contributed by atoms with E-state index >= 15 is 0 Å². The van der Waals surface area contributed by atoms with Crippen molar-refractivity contribution in [2.45, 2.75) is 0 Å². The predicted molar refractivity (Wildman–Crippen MR) is 213 cm³/mol. The monoisotopic (exact) mass is 656 g/mol. The summed E-state index contributed by atoms with van der Waals surface area (Å²) in [5.74, 6) is 0. The summed E-state index contributed by atoms with van der Waals surface area (Å²) in [5, 5.41) is 9.78. The van der Waals surface area contributed by atoms with Gasteiger partial charge in [-0.3, -0.25) is 0 Å². The van der Waals surface area contributed by atoms with E-state index in [2.05, 4.69) is 173 Å². The number of hydrogen-bond donors (Lipinski definition) is 0. The van der Waals surface area contributed by atoms with Crippen LogP contribution in [-0.2, 0) is 0 Å². The lowest BCUT2D eigenvalue weighted by Crippen LogP contribution is -2.10. The van der Waals surface area contributed by atoms with E-state index in [1.54, 1.807) is 0 Å². The summed E-state index contributed by atoms with van der Waals surface area (Å²) < 4.78 is 11.7. The van der Waals surface area contributed by atoms with Crippen molar-refractivity contribution in [3.05, 3.63) is 170 Å². The van der Waals surface area contributed by atoms with Gasteiger partial charge in [0.1, 0.15) is 5.58 Å². The van der Waals surface area contributed by atoms with E-state index in [4.69, 9.17) is 4.42 Å². The van der Waals surface area contributed by atoms with Crippen LogP contribution in [0.2, 0.25) is 0 Å². The van der Waals surface area contributed by atoms with Crippen LogP contribution in [0.3, 0.4) is 0 Å². The normalized spacial score (nSPS) is 12.0. The second-order valence-electron chi connectivity index (χ2n) is 12.9. The highest BCUT2D eigenvalue weighted by molar-refractivity contribution is 7.26. The molecule has 0 bridgehead atoms. The van der Waals surface area contributed by atoms with Gasteiger partial charge in [0, 0.05) is 58.8 Å². The molecule has 3 aromatic heterocycles. The molecule has 50 heavy (non-hydrogen) atoms. The number of hydrogen-bond acceptors (Lipinski definition) is 3. The van der Waals surface area contributed by atoms with Gasteiger partial charge in [-0.2, -0.15) is 0 Å². The lowest BCUT2D eigenvalue weighted by atomic mass is 10.0. The summed E-state index contributed by atoms with van der Waals surface area (Å²) in [5.41, 5.74) is 8.44. The van der Waals surface area contributed by atoms with Crippen LogP contribution in [0, 0.1) is 0 Å². The smallest absolute Gasteiger partial charge is 0.159 e. The summed E-state index contributed by atoms with van der Waals surface area (Å²) >= 11 is 1.86. The molecule has 11 aromatic rings. The van der Waals surface area contributed by atoms with E-state index in [0.29, 0.717) is 0 Å². The Morgan fingerprint density at radius 3 is 2.10 bits per heavy atom. The fraction of sp³-hybridized carbons (Fsp3) is 0. The van der Waals surface area contributed by atoms with Crippen LogP contribution in [-0.4, -0.2) is 4.57 Å². The fourth-order valence-electron chi connectivity index (χ4n) is 7.97. The number of aromatic nitrogens is 1. The van der Waals surface area contributed by atoms with Gasteiger partial charge in [-0.25, -0.2) is 0 Å².